The van der Waals surface area contributed by atoms with Crippen LogP contribution in [-0.2, 0) is 0 Å². The Kier molecular flexibility index (Phi) is 3.85. The van der Waals surface area contributed by atoms with E-state index in [-0.39, 0.29) is 6.29 Å². The maximum atomic E-state index is 2.45. The van der Waals surface area contributed by atoms with E-state index in [4.69, 9.17) is 0 Å². The van der Waals surface area contributed by atoms with Gasteiger partial charge in [-0.2, -0.15) is 0 Å². The van der Waals surface area contributed by atoms with Crippen LogP contribution in [0.5, 0.6) is 0 Å². The van der Waals surface area contributed by atoms with Crippen molar-refractivity contribution in [1.29, 1.82) is 0 Å². The van der Waals surface area contributed by atoms with Crippen LogP contribution >= 0.6 is 0 Å². The molecule has 0 amide bonds. The van der Waals surface area contributed by atoms with E-state index >= 15 is 0 Å². The number of benzene rings is 4. The monoisotopic (exact) mass is 387 g/mol. The zero-order chi connectivity index (χ0) is 19.9. The first-order chi connectivity index (χ1) is 14.9. The van der Waals surface area contributed by atoms with Gasteiger partial charge in [-0.1, -0.05) is 60.7 Å². The van der Waals surface area contributed by atoms with Gasteiger partial charge in [0.15, 0.2) is 12.4 Å². The van der Waals surface area contributed by atoms with Gasteiger partial charge >= 0.3 is 6.29 Å². The predicted octanol–water partition coefficient (Wildman–Crippen LogP) is 5.66. The molecule has 0 bridgehead atoms. The molecular formula is C27H21N3+2. The molecule has 2 heterocycles. The smallest absolute Gasteiger partial charge is 0.223 e. The van der Waals surface area contributed by atoms with Gasteiger partial charge in [-0.05, 0) is 24.3 Å². The van der Waals surface area contributed by atoms with E-state index in [2.05, 4.69) is 136 Å². The fourth-order valence-corrected chi connectivity index (χ4v) is 4.44. The fraction of sp³-hybridized carbons (Fsp3) is 0.0370. The molecule has 3 nitrogen and oxygen atoms in total. The number of fused-ring (bicyclic) bond motifs is 5. The second-order valence-electron chi connectivity index (χ2n) is 7.58. The molecule has 4 aromatic rings. The van der Waals surface area contributed by atoms with Crippen molar-refractivity contribution >= 4 is 35.2 Å². The molecule has 6 rings (SSSR count). The van der Waals surface area contributed by atoms with Gasteiger partial charge in [0.05, 0.1) is 22.5 Å². The van der Waals surface area contributed by atoms with Crippen LogP contribution in [-0.4, -0.2) is 27.9 Å². The van der Waals surface area contributed by atoms with Crippen LogP contribution in [0.2, 0.25) is 0 Å². The molecule has 3 heteroatoms. The summed E-state index contributed by atoms with van der Waals surface area (Å²) in [5.74, 6) is 0. The van der Waals surface area contributed by atoms with Crippen molar-refractivity contribution in [3.8, 4) is 0 Å². The molecule has 0 saturated carbocycles. The summed E-state index contributed by atoms with van der Waals surface area (Å²) in [6, 6.07) is 38.5. The Bertz CT molecular complexity index is 1190. The second kappa shape index (κ2) is 6.82. The van der Waals surface area contributed by atoms with Crippen LogP contribution in [0, 0.1) is 0 Å². The van der Waals surface area contributed by atoms with Gasteiger partial charge in [-0.15, -0.1) is 9.15 Å². The zero-order valence-corrected chi connectivity index (χ0v) is 16.5. The third-order valence-electron chi connectivity index (χ3n) is 5.79. The first kappa shape index (κ1) is 16.9. The van der Waals surface area contributed by atoms with Crippen LogP contribution in [0.3, 0.4) is 0 Å². The SMILES string of the molecule is C1=[N+](c2ccccc2)C2N(c3ccccc31)c1ccccc1C=[N+]2c1ccccc1. The largest absolute Gasteiger partial charge is 0.445 e. The summed E-state index contributed by atoms with van der Waals surface area (Å²) in [7, 11) is 0. The molecule has 0 spiro atoms. The summed E-state index contributed by atoms with van der Waals surface area (Å²) in [5, 5.41) is 0. The predicted molar refractivity (Wildman–Crippen MR) is 122 cm³/mol. The van der Waals surface area contributed by atoms with Crippen molar-refractivity contribution < 1.29 is 9.15 Å². The van der Waals surface area contributed by atoms with Crippen LogP contribution < -0.4 is 4.90 Å². The lowest BCUT2D eigenvalue weighted by molar-refractivity contribution is -0.702. The Morgan fingerprint density at radius 3 is 1.33 bits per heavy atom. The average molecular weight is 387 g/mol. The lowest BCUT2D eigenvalue weighted by atomic mass is 10.0. The van der Waals surface area contributed by atoms with Crippen molar-refractivity contribution in [2.75, 3.05) is 4.90 Å². The quantitative estimate of drug-likeness (QED) is 0.403. The first-order valence-electron chi connectivity index (χ1n) is 10.2. The molecule has 0 fully saturated rings. The minimum absolute atomic E-state index is 0.0420. The molecule has 0 aromatic heterocycles. The molecule has 0 saturated heterocycles. The highest BCUT2D eigenvalue weighted by molar-refractivity contribution is 5.95. The number of hydrogen-bond acceptors (Lipinski definition) is 1. The summed E-state index contributed by atoms with van der Waals surface area (Å²) in [6.45, 7) is 0. The van der Waals surface area contributed by atoms with Crippen molar-refractivity contribution in [3.63, 3.8) is 0 Å². The van der Waals surface area contributed by atoms with Crippen molar-refractivity contribution in [2.24, 2.45) is 0 Å². The fourth-order valence-electron chi connectivity index (χ4n) is 4.44. The third-order valence-corrected chi connectivity index (χ3v) is 5.79. The van der Waals surface area contributed by atoms with Gasteiger partial charge in [0.1, 0.15) is 0 Å². The van der Waals surface area contributed by atoms with E-state index in [1.165, 1.54) is 22.5 Å². The second-order valence-corrected chi connectivity index (χ2v) is 7.58. The van der Waals surface area contributed by atoms with E-state index in [1.54, 1.807) is 0 Å². The van der Waals surface area contributed by atoms with Crippen LogP contribution in [0.4, 0.5) is 22.7 Å². The average Bonchev–Trinajstić information content (AvgIpc) is 2.84. The van der Waals surface area contributed by atoms with Crippen molar-refractivity contribution in [1.82, 2.24) is 0 Å². The van der Waals surface area contributed by atoms with Gasteiger partial charge < -0.3 is 0 Å². The number of nitrogens with zero attached hydrogens (tertiary/aromatic N) is 3. The van der Waals surface area contributed by atoms with E-state index in [9.17, 15) is 0 Å². The summed E-state index contributed by atoms with van der Waals surface area (Å²) in [6.07, 6.45) is 4.49. The van der Waals surface area contributed by atoms with Crippen LogP contribution in [0.25, 0.3) is 0 Å². The summed E-state index contributed by atoms with van der Waals surface area (Å²) in [4.78, 5) is 2.45. The van der Waals surface area contributed by atoms with E-state index < -0.39 is 0 Å². The van der Waals surface area contributed by atoms with E-state index in [0.717, 1.165) is 11.4 Å². The Morgan fingerprint density at radius 1 is 0.467 bits per heavy atom. The first-order valence-corrected chi connectivity index (χ1v) is 10.2. The van der Waals surface area contributed by atoms with Gasteiger partial charge in [0.25, 0.3) is 0 Å². The Hall–Kier alpha value is -3.98. The van der Waals surface area contributed by atoms with Gasteiger partial charge in [0, 0.05) is 24.3 Å². The summed E-state index contributed by atoms with van der Waals surface area (Å²) >= 11 is 0. The highest BCUT2D eigenvalue weighted by Gasteiger charge is 2.48. The van der Waals surface area contributed by atoms with Crippen LogP contribution in [0.1, 0.15) is 11.1 Å². The standard InChI is InChI=1S/C27H21N3/c1-3-13-23(14-4-1)28-19-21-11-7-9-17-25(21)30-26-18-10-8-12-22(26)20-29(27(28)30)24-15-5-2-6-16-24/h1-20,27H/q+2. The molecule has 0 N–H and O–H groups in total. The number of rotatable bonds is 2. The molecule has 4 aromatic carbocycles. The molecule has 2 aliphatic heterocycles. The lowest BCUT2D eigenvalue weighted by Gasteiger charge is -2.34. The molecule has 2 aliphatic rings. The van der Waals surface area contributed by atoms with Gasteiger partial charge in [-0.3, -0.25) is 0 Å². The number of para-hydroxylation sites is 4. The van der Waals surface area contributed by atoms with Crippen molar-refractivity contribution in [2.45, 2.75) is 6.29 Å². The number of hydrogen-bond donors (Lipinski definition) is 0. The summed E-state index contributed by atoms with van der Waals surface area (Å²) < 4.78 is 4.73. The highest BCUT2D eigenvalue weighted by Crippen LogP contribution is 2.40. The molecule has 30 heavy (non-hydrogen) atoms. The number of anilines is 2. The molecule has 0 unspecified atom stereocenters. The molecule has 0 aliphatic carbocycles. The maximum Gasteiger partial charge on any atom is 0.445 e. The van der Waals surface area contributed by atoms with Crippen molar-refractivity contribution in [3.05, 3.63) is 120 Å². The van der Waals surface area contributed by atoms with E-state index in [0.29, 0.717) is 0 Å². The highest BCUT2D eigenvalue weighted by atomic mass is 15.5. The third kappa shape index (κ3) is 2.60. The molecule has 0 atom stereocenters. The maximum absolute atomic E-state index is 2.45. The minimum Gasteiger partial charge on any atom is -0.223 e. The summed E-state index contributed by atoms with van der Waals surface area (Å²) in [5.41, 5.74) is 7.18. The molecule has 0 radical (unpaired) electrons. The Labute approximate surface area is 176 Å². The Morgan fingerprint density at radius 2 is 0.867 bits per heavy atom. The van der Waals surface area contributed by atoms with E-state index in [1.807, 2.05) is 0 Å². The topological polar surface area (TPSA) is 9.26 Å². The van der Waals surface area contributed by atoms with Gasteiger partial charge in [0.2, 0.25) is 11.4 Å². The molecule has 142 valence electrons. The Balaban J connectivity index is 1.68. The van der Waals surface area contributed by atoms with Crippen LogP contribution in [0.15, 0.2) is 109 Å². The molecular weight excluding hydrogens is 366 g/mol. The normalized spacial score (nSPS) is 14.9. The minimum atomic E-state index is -0.0420. The zero-order valence-electron chi connectivity index (χ0n) is 16.5. The van der Waals surface area contributed by atoms with Gasteiger partial charge in [-0.25, -0.2) is 4.90 Å². The lowest BCUT2D eigenvalue weighted by Crippen LogP contribution is -2.51.